The van der Waals surface area contributed by atoms with E-state index in [1.165, 1.54) is 4.31 Å². The molecule has 3 rings (SSSR count). The van der Waals surface area contributed by atoms with Crippen LogP contribution in [0.15, 0.2) is 35.4 Å². The summed E-state index contributed by atoms with van der Waals surface area (Å²) in [6.45, 7) is 0.120. The van der Waals surface area contributed by atoms with Gasteiger partial charge in [-0.3, -0.25) is 19.3 Å². The topological polar surface area (TPSA) is 140 Å². The van der Waals surface area contributed by atoms with Crippen LogP contribution in [0, 0.1) is 22.5 Å². The smallest absolute Gasteiger partial charge is 0.272 e. The molecule has 0 fully saturated rings. The van der Waals surface area contributed by atoms with Gasteiger partial charge in [-0.05, 0) is 11.6 Å². The lowest BCUT2D eigenvalue weighted by atomic mass is 10.1. The summed E-state index contributed by atoms with van der Waals surface area (Å²) < 4.78 is 56.6. The van der Waals surface area contributed by atoms with Gasteiger partial charge in [0.05, 0.1) is 29.0 Å². The predicted molar refractivity (Wildman–Crippen MR) is 133 cm³/mol. The van der Waals surface area contributed by atoms with E-state index < -0.39 is 30.8 Å². The van der Waals surface area contributed by atoms with Gasteiger partial charge >= 0.3 is 0 Å². The molecule has 0 radical (unpaired) electrons. The SMILES string of the molecule is C#Cc1cc([N+](=O)[O-])cc(S(=O)(=O)N2CCc3ncccc3C2)c1N(CCBr)CCOS(C)(=O)=O. The van der Waals surface area contributed by atoms with E-state index in [0.29, 0.717) is 11.8 Å². The van der Waals surface area contributed by atoms with Gasteiger partial charge in [-0.25, -0.2) is 8.42 Å². The average Bonchev–Trinajstić information content (AvgIpc) is 2.81. The minimum atomic E-state index is -4.25. The zero-order valence-electron chi connectivity index (χ0n) is 18.8. The Morgan fingerprint density at radius 1 is 1.31 bits per heavy atom. The van der Waals surface area contributed by atoms with Crippen LogP contribution >= 0.6 is 15.9 Å². The summed E-state index contributed by atoms with van der Waals surface area (Å²) in [7, 11) is -7.99. The molecule has 0 bridgehead atoms. The van der Waals surface area contributed by atoms with E-state index in [-0.39, 0.29) is 48.9 Å². The molecule has 0 spiro atoms. The van der Waals surface area contributed by atoms with Crippen LogP contribution in [0.25, 0.3) is 0 Å². The van der Waals surface area contributed by atoms with Crippen molar-refractivity contribution in [2.45, 2.75) is 17.9 Å². The van der Waals surface area contributed by atoms with Gasteiger partial charge in [-0.15, -0.1) is 6.42 Å². The van der Waals surface area contributed by atoms with Gasteiger partial charge in [-0.1, -0.05) is 27.9 Å². The molecule has 188 valence electrons. The Bertz CT molecular complexity index is 1370. The van der Waals surface area contributed by atoms with Gasteiger partial charge in [0.1, 0.15) is 4.90 Å². The molecule has 2 aromatic rings. The van der Waals surface area contributed by atoms with E-state index >= 15 is 0 Å². The van der Waals surface area contributed by atoms with Crippen LogP contribution in [0.2, 0.25) is 0 Å². The quantitative estimate of drug-likeness (QED) is 0.134. The standard InChI is InChI=1S/C21H23BrN4O7S2/c1-3-16-13-18(26(27)28)14-20(21(16)24(10-7-22)11-12-33-34(2,29)30)35(31,32)25-9-6-19-17(15-25)5-4-8-23-19/h1,4-5,8,13-14H,6-7,9-12,15H2,2H3. The maximum Gasteiger partial charge on any atom is 0.272 e. The molecular formula is C21H23BrN4O7S2. The number of rotatable bonds is 10. The largest absolute Gasteiger partial charge is 0.366 e. The van der Waals surface area contributed by atoms with E-state index in [1.54, 1.807) is 23.2 Å². The van der Waals surface area contributed by atoms with Gasteiger partial charge in [0.25, 0.3) is 15.8 Å². The van der Waals surface area contributed by atoms with Crippen LogP contribution < -0.4 is 4.90 Å². The Balaban J connectivity index is 2.13. The van der Waals surface area contributed by atoms with Crippen LogP contribution in [-0.2, 0) is 37.3 Å². The molecule has 1 aliphatic heterocycles. The van der Waals surface area contributed by atoms with Gasteiger partial charge < -0.3 is 4.90 Å². The van der Waals surface area contributed by atoms with Crippen LogP contribution in [-0.4, -0.2) is 68.9 Å². The number of nitrogens with zero attached hydrogens (tertiary/aromatic N) is 4. The number of sulfonamides is 1. The number of halogens is 1. The summed E-state index contributed by atoms with van der Waals surface area (Å²) in [5.41, 5.74) is 1.14. The lowest BCUT2D eigenvalue weighted by Crippen LogP contribution is -2.38. The Kier molecular flexibility index (Phi) is 8.50. The highest BCUT2D eigenvalue weighted by molar-refractivity contribution is 9.09. The molecule has 0 unspecified atom stereocenters. The predicted octanol–water partition coefficient (Wildman–Crippen LogP) is 1.90. The number of hydrogen-bond donors (Lipinski definition) is 0. The Morgan fingerprint density at radius 2 is 2.06 bits per heavy atom. The molecule has 0 aliphatic carbocycles. The van der Waals surface area contributed by atoms with Crippen molar-refractivity contribution in [2.75, 3.05) is 42.7 Å². The average molecular weight is 587 g/mol. The van der Waals surface area contributed by atoms with Crippen molar-refractivity contribution in [2.24, 2.45) is 0 Å². The lowest BCUT2D eigenvalue weighted by Gasteiger charge is -2.31. The molecule has 35 heavy (non-hydrogen) atoms. The molecule has 1 aromatic heterocycles. The summed E-state index contributed by atoms with van der Waals surface area (Å²) in [4.78, 5) is 16.4. The fourth-order valence-corrected chi connectivity index (χ4v) is 6.23. The molecule has 1 aliphatic rings. The van der Waals surface area contributed by atoms with Crippen LogP contribution in [0.3, 0.4) is 0 Å². The van der Waals surface area contributed by atoms with E-state index in [2.05, 4.69) is 26.8 Å². The van der Waals surface area contributed by atoms with Crippen molar-refractivity contribution in [3.05, 3.63) is 57.4 Å². The number of terminal acetylenes is 1. The second-order valence-corrected chi connectivity index (χ2v) is 12.0. The summed E-state index contributed by atoms with van der Waals surface area (Å²) in [6, 6.07) is 5.61. The van der Waals surface area contributed by atoms with Gasteiger partial charge in [-0.2, -0.15) is 12.7 Å². The summed E-state index contributed by atoms with van der Waals surface area (Å²) in [5.74, 6) is 2.35. The normalized spacial score (nSPS) is 14.2. The first-order valence-electron chi connectivity index (χ1n) is 10.3. The second kappa shape index (κ2) is 11.0. The highest BCUT2D eigenvalue weighted by atomic mass is 79.9. The first-order valence-corrected chi connectivity index (χ1v) is 14.7. The van der Waals surface area contributed by atoms with Gasteiger partial charge in [0.2, 0.25) is 10.0 Å². The number of nitro benzene ring substituents is 1. The minimum absolute atomic E-state index is 0.00263. The highest BCUT2D eigenvalue weighted by Crippen LogP contribution is 2.36. The van der Waals surface area contributed by atoms with Crippen molar-refractivity contribution < 1.29 is 25.9 Å². The number of aromatic nitrogens is 1. The van der Waals surface area contributed by atoms with Crippen molar-refractivity contribution in [3.8, 4) is 12.3 Å². The van der Waals surface area contributed by atoms with E-state index in [1.807, 2.05) is 0 Å². The molecule has 1 aromatic carbocycles. The molecule has 11 nitrogen and oxygen atoms in total. The Morgan fingerprint density at radius 3 is 2.69 bits per heavy atom. The molecule has 0 saturated carbocycles. The fraction of sp³-hybridized carbons (Fsp3) is 0.381. The van der Waals surface area contributed by atoms with Gasteiger partial charge in [0.15, 0.2) is 0 Å². The Labute approximate surface area is 212 Å². The maximum atomic E-state index is 13.9. The third-order valence-electron chi connectivity index (χ3n) is 5.30. The molecule has 0 saturated heterocycles. The van der Waals surface area contributed by atoms with Gasteiger partial charge in [0, 0.05) is 62.0 Å². The zero-order chi connectivity index (χ0) is 25.8. The first kappa shape index (κ1) is 27.0. The molecule has 0 N–H and O–H groups in total. The number of hydrogen-bond acceptors (Lipinski definition) is 9. The molecule has 14 heteroatoms. The van der Waals surface area contributed by atoms with Crippen molar-refractivity contribution in [1.82, 2.24) is 9.29 Å². The van der Waals surface area contributed by atoms with Crippen molar-refractivity contribution in [3.63, 3.8) is 0 Å². The third-order valence-corrected chi connectivity index (χ3v) is 8.11. The molecular weight excluding hydrogens is 564 g/mol. The number of fused-ring (bicyclic) bond motifs is 1. The third kappa shape index (κ3) is 6.36. The second-order valence-electron chi connectivity index (χ2n) is 7.64. The molecule has 2 heterocycles. The van der Waals surface area contributed by atoms with Crippen LogP contribution in [0.1, 0.15) is 16.8 Å². The van der Waals surface area contributed by atoms with Crippen molar-refractivity contribution in [1.29, 1.82) is 0 Å². The fourth-order valence-electron chi connectivity index (χ4n) is 3.75. The number of pyridine rings is 1. The zero-order valence-corrected chi connectivity index (χ0v) is 22.0. The summed E-state index contributed by atoms with van der Waals surface area (Å²) in [5, 5.41) is 12.0. The Hall–Kier alpha value is -2.57. The minimum Gasteiger partial charge on any atom is -0.366 e. The van der Waals surface area contributed by atoms with E-state index in [9.17, 15) is 26.9 Å². The van der Waals surface area contributed by atoms with E-state index in [4.69, 9.17) is 10.6 Å². The summed E-state index contributed by atoms with van der Waals surface area (Å²) >= 11 is 3.31. The van der Waals surface area contributed by atoms with Crippen LogP contribution in [0.5, 0.6) is 0 Å². The lowest BCUT2D eigenvalue weighted by molar-refractivity contribution is -0.385. The highest BCUT2D eigenvalue weighted by Gasteiger charge is 2.34. The summed E-state index contributed by atoms with van der Waals surface area (Å²) in [6.07, 6.45) is 8.57. The maximum absolute atomic E-state index is 13.9. The monoisotopic (exact) mass is 586 g/mol. The first-order chi connectivity index (χ1) is 16.5. The van der Waals surface area contributed by atoms with E-state index in [0.717, 1.165) is 29.6 Å². The number of nitro groups is 1. The van der Waals surface area contributed by atoms with Crippen molar-refractivity contribution >= 4 is 47.4 Å². The molecule has 0 amide bonds. The van der Waals surface area contributed by atoms with Crippen LogP contribution in [0.4, 0.5) is 11.4 Å². The number of anilines is 1. The number of alkyl halides is 1. The number of benzene rings is 1. The number of non-ortho nitro benzene ring substituents is 1. The molecule has 0 atom stereocenters.